The molecule has 0 unspecified atom stereocenters. The van der Waals surface area contributed by atoms with Crippen LogP contribution >= 0.6 is 11.3 Å². The SMILES string of the molecule is Cn1cnc(CNC(=O)N2CCN(C(=O)c3ccsc3)CC2)n1. The standard InChI is InChI=1S/C14H18N6O2S/c1-18-10-16-12(17-18)8-15-14(22)20-5-3-19(4-6-20)13(21)11-2-7-23-9-11/h2,7,9-10H,3-6,8H2,1H3,(H,15,22). The number of nitrogens with one attached hydrogen (secondary N) is 1. The third-order valence-electron chi connectivity index (χ3n) is 3.67. The molecule has 0 radical (unpaired) electrons. The average Bonchev–Trinajstić information content (AvgIpc) is 3.24. The molecule has 1 saturated heterocycles. The van der Waals surface area contributed by atoms with Gasteiger partial charge in [0.15, 0.2) is 5.82 Å². The number of piperazine rings is 1. The van der Waals surface area contributed by atoms with E-state index in [1.165, 1.54) is 11.3 Å². The van der Waals surface area contributed by atoms with Crippen molar-refractivity contribution < 1.29 is 9.59 Å². The van der Waals surface area contributed by atoms with E-state index in [-0.39, 0.29) is 11.9 Å². The second-order valence-corrected chi connectivity index (χ2v) is 6.06. The number of hydrogen-bond acceptors (Lipinski definition) is 5. The fraction of sp³-hybridized carbons (Fsp3) is 0.429. The van der Waals surface area contributed by atoms with Crippen LogP contribution in [-0.2, 0) is 13.6 Å². The van der Waals surface area contributed by atoms with Gasteiger partial charge in [0, 0.05) is 38.6 Å². The fourth-order valence-electron chi connectivity index (χ4n) is 2.41. The van der Waals surface area contributed by atoms with Crippen LogP contribution in [0.2, 0.25) is 0 Å². The van der Waals surface area contributed by atoms with Gasteiger partial charge in [-0.3, -0.25) is 9.48 Å². The molecule has 2 aromatic heterocycles. The van der Waals surface area contributed by atoms with Gasteiger partial charge in [-0.25, -0.2) is 9.78 Å². The lowest BCUT2D eigenvalue weighted by molar-refractivity contribution is 0.0665. The molecule has 1 aliphatic rings. The first kappa shape index (κ1) is 15.5. The van der Waals surface area contributed by atoms with Crippen molar-refractivity contribution >= 4 is 23.3 Å². The molecule has 122 valence electrons. The Kier molecular flexibility index (Phi) is 4.56. The van der Waals surface area contributed by atoms with Crippen LogP contribution in [0.3, 0.4) is 0 Å². The summed E-state index contributed by atoms with van der Waals surface area (Å²) in [6.07, 6.45) is 1.59. The third-order valence-corrected chi connectivity index (χ3v) is 4.35. The minimum absolute atomic E-state index is 0.0315. The Morgan fingerprint density at radius 1 is 1.26 bits per heavy atom. The number of nitrogens with zero attached hydrogens (tertiary/aromatic N) is 5. The summed E-state index contributed by atoms with van der Waals surface area (Å²) >= 11 is 1.51. The monoisotopic (exact) mass is 334 g/mol. The van der Waals surface area contributed by atoms with E-state index >= 15 is 0 Å². The normalized spacial score (nSPS) is 14.8. The topological polar surface area (TPSA) is 83.4 Å². The summed E-state index contributed by atoms with van der Waals surface area (Å²) in [5.41, 5.74) is 0.717. The highest BCUT2D eigenvalue weighted by molar-refractivity contribution is 7.08. The minimum atomic E-state index is -0.153. The molecule has 0 atom stereocenters. The Bertz CT molecular complexity index is 675. The van der Waals surface area contributed by atoms with Crippen molar-refractivity contribution in [1.82, 2.24) is 29.9 Å². The van der Waals surface area contributed by atoms with E-state index in [0.29, 0.717) is 44.1 Å². The molecule has 1 aliphatic heterocycles. The highest BCUT2D eigenvalue weighted by Gasteiger charge is 2.24. The van der Waals surface area contributed by atoms with Gasteiger partial charge in [0.2, 0.25) is 0 Å². The van der Waals surface area contributed by atoms with E-state index < -0.39 is 0 Å². The highest BCUT2D eigenvalue weighted by Crippen LogP contribution is 2.12. The molecule has 0 saturated carbocycles. The van der Waals surface area contributed by atoms with E-state index in [1.807, 2.05) is 16.8 Å². The van der Waals surface area contributed by atoms with Crippen LogP contribution in [0.1, 0.15) is 16.2 Å². The number of hydrogen-bond donors (Lipinski definition) is 1. The summed E-state index contributed by atoms with van der Waals surface area (Å²) < 4.78 is 1.59. The molecule has 3 amide bonds. The lowest BCUT2D eigenvalue weighted by Gasteiger charge is -2.34. The number of rotatable bonds is 3. The maximum atomic E-state index is 12.2. The first-order chi connectivity index (χ1) is 11.1. The number of thiophene rings is 1. The van der Waals surface area contributed by atoms with Crippen molar-refractivity contribution in [2.24, 2.45) is 7.05 Å². The Hall–Kier alpha value is -2.42. The van der Waals surface area contributed by atoms with Crippen LogP contribution in [0.15, 0.2) is 23.2 Å². The van der Waals surface area contributed by atoms with Crippen LogP contribution in [0.4, 0.5) is 4.79 Å². The molecule has 3 rings (SSSR count). The van der Waals surface area contributed by atoms with Crippen LogP contribution in [0.25, 0.3) is 0 Å². The molecule has 23 heavy (non-hydrogen) atoms. The van der Waals surface area contributed by atoms with Gasteiger partial charge in [0.1, 0.15) is 6.33 Å². The number of amides is 3. The van der Waals surface area contributed by atoms with Crippen molar-refractivity contribution in [2.75, 3.05) is 26.2 Å². The fourth-order valence-corrected chi connectivity index (χ4v) is 3.04. The summed E-state index contributed by atoms with van der Waals surface area (Å²) in [7, 11) is 1.78. The zero-order valence-corrected chi connectivity index (χ0v) is 13.6. The first-order valence-electron chi connectivity index (χ1n) is 7.32. The number of aromatic nitrogens is 3. The Morgan fingerprint density at radius 3 is 2.61 bits per heavy atom. The molecular weight excluding hydrogens is 316 g/mol. The summed E-state index contributed by atoms with van der Waals surface area (Å²) in [5.74, 6) is 0.608. The summed E-state index contributed by atoms with van der Waals surface area (Å²) in [6.45, 7) is 2.44. The number of aryl methyl sites for hydroxylation is 1. The van der Waals surface area contributed by atoms with Crippen LogP contribution < -0.4 is 5.32 Å². The zero-order chi connectivity index (χ0) is 16.2. The molecule has 0 spiro atoms. The van der Waals surface area contributed by atoms with E-state index in [1.54, 1.807) is 27.9 Å². The van der Waals surface area contributed by atoms with Crippen molar-refractivity contribution in [1.29, 1.82) is 0 Å². The molecule has 2 aromatic rings. The van der Waals surface area contributed by atoms with E-state index in [0.717, 1.165) is 0 Å². The van der Waals surface area contributed by atoms with Gasteiger partial charge in [0.05, 0.1) is 12.1 Å². The van der Waals surface area contributed by atoms with Gasteiger partial charge in [-0.2, -0.15) is 16.4 Å². The highest BCUT2D eigenvalue weighted by atomic mass is 32.1. The van der Waals surface area contributed by atoms with Gasteiger partial charge in [-0.15, -0.1) is 0 Å². The molecular formula is C14H18N6O2S. The molecule has 1 fully saturated rings. The minimum Gasteiger partial charge on any atom is -0.335 e. The van der Waals surface area contributed by atoms with Crippen molar-refractivity contribution in [3.05, 3.63) is 34.5 Å². The second kappa shape index (κ2) is 6.78. The van der Waals surface area contributed by atoms with Gasteiger partial charge in [0.25, 0.3) is 5.91 Å². The predicted molar refractivity (Wildman–Crippen MR) is 85.0 cm³/mol. The summed E-state index contributed by atoms with van der Waals surface area (Å²) in [5, 5.41) is 10.7. The van der Waals surface area contributed by atoms with E-state index in [2.05, 4.69) is 15.4 Å². The zero-order valence-electron chi connectivity index (χ0n) is 12.8. The Balaban J connectivity index is 1.46. The maximum Gasteiger partial charge on any atom is 0.317 e. The van der Waals surface area contributed by atoms with Gasteiger partial charge >= 0.3 is 6.03 Å². The van der Waals surface area contributed by atoms with E-state index in [9.17, 15) is 9.59 Å². The second-order valence-electron chi connectivity index (χ2n) is 5.28. The van der Waals surface area contributed by atoms with Crippen LogP contribution in [-0.4, -0.2) is 62.7 Å². The van der Waals surface area contributed by atoms with Gasteiger partial charge in [-0.05, 0) is 11.4 Å². The lowest BCUT2D eigenvalue weighted by atomic mass is 10.2. The molecule has 8 nitrogen and oxygen atoms in total. The van der Waals surface area contributed by atoms with Crippen molar-refractivity contribution in [3.63, 3.8) is 0 Å². The Labute approximate surface area is 137 Å². The third kappa shape index (κ3) is 3.67. The molecule has 3 heterocycles. The first-order valence-corrected chi connectivity index (χ1v) is 8.26. The van der Waals surface area contributed by atoms with E-state index in [4.69, 9.17) is 0 Å². The quantitative estimate of drug-likeness (QED) is 0.888. The smallest absolute Gasteiger partial charge is 0.317 e. The van der Waals surface area contributed by atoms with Crippen molar-refractivity contribution in [2.45, 2.75) is 6.54 Å². The molecule has 0 aliphatic carbocycles. The molecule has 0 bridgehead atoms. The lowest BCUT2D eigenvalue weighted by Crippen LogP contribution is -2.53. The number of urea groups is 1. The number of carbonyl (C=O) groups excluding carboxylic acids is 2. The molecule has 9 heteroatoms. The summed E-state index contributed by atoms with van der Waals surface area (Å²) in [4.78, 5) is 31.9. The largest absolute Gasteiger partial charge is 0.335 e. The maximum absolute atomic E-state index is 12.2. The summed E-state index contributed by atoms with van der Waals surface area (Å²) in [6, 6.07) is 1.67. The van der Waals surface area contributed by atoms with Gasteiger partial charge < -0.3 is 15.1 Å². The number of carbonyl (C=O) groups is 2. The Morgan fingerprint density at radius 2 is 2.00 bits per heavy atom. The average molecular weight is 334 g/mol. The van der Waals surface area contributed by atoms with Crippen LogP contribution in [0.5, 0.6) is 0 Å². The van der Waals surface area contributed by atoms with Crippen molar-refractivity contribution in [3.8, 4) is 0 Å². The predicted octanol–water partition coefficient (Wildman–Crippen LogP) is 0.544. The van der Waals surface area contributed by atoms with Gasteiger partial charge in [-0.1, -0.05) is 0 Å². The van der Waals surface area contributed by atoms with Crippen LogP contribution in [0, 0.1) is 0 Å². The molecule has 1 N–H and O–H groups in total. The molecule has 0 aromatic carbocycles.